The van der Waals surface area contributed by atoms with Crippen LogP contribution in [0.2, 0.25) is 0 Å². The van der Waals surface area contributed by atoms with Gasteiger partial charge in [0.2, 0.25) is 5.82 Å². The summed E-state index contributed by atoms with van der Waals surface area (Å²) < 4.78 is 6.66. The Kier molecular flexibility index (Phi) is 5.05. The number of aromatic nitrogens is 3. The third kappa shape index (κ3) is 3.99. The lowest BCUT2D eigenvalue weighted by molar-refractivity contribution is -0.385. The van der Waals surface area contributed by atoms with E-state index in [1.165, 1.54) is 17.7 Å². The van der Waals surface area contributed by atoms with Crippen LogP contribution in [0.1, 0.15) is 25.3 Å². The van der Waals surface area contributed by atoms with E-state index in [1.807, 2.05) is 36.4 Å². The Hall–Kier alpha value is -3.59. The number of ether oxygens (including phenoxy) is 1. The molecule has 2 heterocycles. The third-order valence-corrected chi connectivity index (χ3v) is 5.20. The Morgan fingerprint density at radius 1 is 1.10 bits per heavy atom. The molecule has 4 aromatic rings. The molecule has 0 bridgehead atoms. The van der Waals surface area contributed by atoms with Gasteiger partial charge in [-0.05, 0) is 35.7 Å². The van der Waals surface area contributed by atoms with Crippen LogP contribution in [0.4, 0.5) is 16.6 Å². The van der Waals surface area contributed by atoms with Crippen LogP contribution in [0, 0.1) is 10.1 Å². The standard InChI is InChI=1S/C20H17N5O3S/c1-12(2)13-7-9-14(10-8-13)28-19-17(25(26)27)18(21-11-22-19)24-20-23-15-5-3-4-6-16(15)29-20/h3-12H,1-2H3,(H,21,22,23,24). The van der Waals surface area contributed by atoms with Gasteiger partial charge in [-0.1, -0.05) is 49.4 Å². The number of hydrogen-bond donors (Lipinski definition) is 1. The first kappa shape index (κ1) is 18.8. The van der Waals surface area contributed by atoms with Crippen LogP contribution in [-0.2, 0) is 0 Å². The smallest absolute Gasteiger partial charge is 0.373 e. The van der Waals surface area contributed by atoms with Gasteiger partial charge >= 0.3 is 11.6 Å². The van der Waals surface area contributed by atoms with Gasteiger partial charge in [-0.25, -0.2) is 9.97 Å². The van der Waals surface area contributed by atoms with Crippen LogP contribution in [0.3, 0.4) is 0 Å². The average molecular weight is 407 g/mol. The van der Waals surface area contributed by atoms with Gasteiger partial charge in [0.1, 0.15) is 12.1 Å². The lowest BCUT2D eigenvalue weighted by atomic mass is 10.0. The summed E-state index contributed by atoms with van der Waals surface area (Å²) in [6.07, 6.45) is 1.22. The van der Waals surface area contributed by atoms with Crippen molar-refractivity contribution in [3.8, 4) is 11.6 Å². The first-order valence-electron chi connectivity index (χ1n) is 8.91. The van der Waals surface area contributed by atoms with Crippen molar-refractivity contribution < 1.29 is 9.66 Å². The number of thiazole rings is 1. The van der Waals surface area contributed by atoms with E-state index < -0.39 is 4.92 Å². The highest BCUT2D eigenvalue weighted by Gasteiger charge is 2.26. The Labute approximate surface area is 170 Å². The fraction of sp³-hybridized carbons (Fsp3) is 0.150. The monoisotopic (exact) mass is 407 g/mol. The highest BCUT2D eigenvalue weighted by atomic mass is 32.1. The molecule has 0 amide bonds. The van der Waals surface area contributed by atoms with Crippen molar-refractivity contribution in [1.82, 2.24) is 15.0 Å². The third-order valence-electron chi connectivity index (χ3n) is 4.25. The fourth-order valence-corrected chi connectivity index (χ4v) is 3.62. The minimum atomic E-state index is -0.562. The predicted octanol–water partition coefficient (Wildman–Crippen LogP) is 5.65. The van der Waals surface area contributed by atoms with Crippen LogP contribution in [0.15, 0.2) is 54.9 Å². The summed E-state index contributed by atoms with van der Waals surface area (Å²) in [5.74, 6) is 0.730. The summed E-state index contributed by atoms with van der Waals surface area (Å²) >= 11 is 1.38. The molecule has 0 spiro atoms. The molecule has 0 aliphatic heterocycles. The van der Waals surface area contributed by atoms with Crippen LogP contribution in [-0.4, -0.2) is 19.9 Å². The first-order valence-corrected chi connectivity index (χ1v) is 9.72. The molecule has 0 fully saturated rings. The molecule has 4 rings (SSSR count). The van der Waals surface area contributed by atoms with Gasteiger partial charge < -0.3 is 10.1 Å². The van der Waals surface area contributed by atoms with Gasteiger partial charge in [0.25, 0.3) is 0 Å². The van der Waals surface area contributed by atoms with Gasteiger partial charge in [-0.15, -0.1) is 0 Å². The molecule has 29 heavy (non-hydrogen) atoms. The van der Waals surface area contributed by atoms with Gasteiger partial charge in [0, 0.05) is 0 Å². The molecule has 146 valence electrons. The van der Waals surface area contributed by atoms with E-state index in [1.54, 1.807) is 12.1 Å². The summed E-state index contributed by atoms with van der Waals surface area (Å²) in [4.78, 5) is 23.6. The first-order chi connectivity index (χ1) is 14.0. The minimum absolute atomic E-state index is 0.0258. The molecule has 2 aromatic carbocycles. The highest BCUT2D eigenvalue weighted by molar-refractivity contribution is 7.22. The second-order valence-electron chi connectivity index (χ2n) is 6.57. The van der Waals surface area contributed by atoms with Crippen LogP contribution in [0.5, 0.6) is 11.6 Å². The molecule has 0 saturated heterocycles. The number of anilines is 2. The predicted molar refractivity (Wildman–Crippen MR) is 112 cm³/mol. The lowest BCUT2D eigenvalue weighted by Gasteiger charge is -2.09. The number of nitro groups is 1. The average Bonchev–Trinajstić information content (AvgIpc) is 3.10. The van der Waals surface area contributed by atoms with Crippen LogP contribution < -0.4 is 10.1 Å². The highest BCUT2D eigenvalue weighted by Crippen LogP contribution is 2.37. The number of rotatable bonds is 6. The van der Waals surface area contributed by atoms with E-state index in [2.05, 4.69) is 34.1 Å². The molecular weight excluding hydrogens is 390 g/mol. The van der Waals surface area contributed by atoms with Crippen molar-refractivity contribution in [2.75, 3.05) is 5.32 Å². The quantitative estimate of drug-likeness (QED) is 0.325. The number of fused-ring (bicyclic) bond motifs is 1. The second kappa shape index (κ2) is 7.80. The van der Waals surface area contributed by atoms with Crippen molar-refractivity contribution in [2.45, 2.75) is 19.8 Å². The van der Waals surface area contributed by atoms with E-state index in [0.717, 1.165) is 15.8 Å². The Morgan fingerprint density at radius 3 is 2.55 bits per heavy atom. The SMILES string of the molecule is CC(C)c1ccc(Oc2ncnc(Nc3nc4ccccc4s3)c2[N+](=O)[O-])cc1. The second-order valence-corrected chi connectivity index (χ2v) is 7.60. The van der Waals surface area contributed by atoms with Gasteiger partial charge in [0.05, 0.1) is 15.1 Å². The topological polar surface area (TPSA) is 103 Å². The zero-order valence-electron chi connectivity index (χ0n) is 15.7. The van der Waals surface area contributed by atoms with Gasteiger partial charge in [-0.3, -0.25) is 10.1 Å². The van der Waals surface area contributed by atoms with Gasteiger partial charge in [-0.2, -0.15) is 4.98 Å². The van der Waals surface area contributed by atoms with E-state index in [0.29, 0.717) is 16.8 Å². The number of benzene rings is 2. The van der Waals surface area contributed by atoms with Crippen molar-refractivity contribution >= 4 is 38.2 Å². The Morgan fingerprint density at radius 2 is 1.86 bits per heavy atom. The number of nitrogens with zero attached hydrogens (tertiary/aromatic N) is 4. The Bertz CT molecular complexity index is 1140. The van der Waals surface area contributed by atoms with E-state index in [9.17, 15) is 10.1 Å². The summed E-state index contributed by atoms with van der Waals surface area (Å²) in [6, 6.07) is 15.0. The van der Waals surface area contributed by atoms with E-state index >= 15 is 0 Å². The molecule has 2 aromatic heterocycles. The number of nitrogens with one attached hydrogen (secondary N) is 1. The largest absolute Gasteiger partial charge is 0.434 e. The fourth-order valence-electron chi connectivity index (χ4n) is 2.75. The van der Waals surface area contributed by atoms with Crippen LogP contribution in [0.25, 0.3) is 10.2 Å². The van der Waals surface area contributed by atoms with Crippen molar-refractivity contribution in [2.24, 2.45) is 0 Å². The molecule has 8 nitrogen and oxygen atoms in total. The molecular formula is C20H17N5O3S. The summed E-state index contributed by atoms with van der Waals surface area (Å²) in [6.45, 7) is 4.18. The normalized spacial score (nSPS) is 11.0. The zero-order chi connectivity index (χ0) is 20.4. The van der Waals surface area contributed by atoms with Crippen molar-refractivity contribution in [3.63, 3.8) is 0 Å². The zero-order valence-corrected chi connectivity index (χ0v) is 16.5. The maximum Gasteiger partial charge on any atom is 0.373 e. The molecule has 0 radical (unpaired) electrons. The molecule has 9 heteroatoms. The molecule has 0 atom stereocenters. The molecule has 0 aliphatic rings. The lowest BCUT2D eigenvalue weighted by Crippen LogP contribution is -2.03. The van der Waals surface area contributed by atoms with Crippen molar-refractivity contribution in [3.05, 3.63) is 70.5 Å². The summed E-state index contributed by atoms with van der Waals surface area (Å²) in [5, 5.41) is 15.2. The van der Waals surface area contributed by atoms with Gasteiger partial charge in [0.15, 0.2) is 5.13 Å². The van der Waals surface area contributed by atoms with Crippen LogP contribution >= 0.6 is 11.3 Å². The molecule has 0 unspecified atom stereocenters. The maximum atomic E-state index is 11.7. The number of para-hydroxylation sites is 1. The van der Waals surface area contributed by atoms with E-state index in [-0.39, 0.29) is 17.4 Å². The maximum absolute atomic E-state index is 11.7. The van der Waals surface area contributed by atoms with Crippen molar-refractivity contribution in [1.29, 1.82) is 0 Å². The molecule has 0 aliphatic carbocycles. The van der Waals surface area contributed by atoms with E-state index in [4.69, 9.17) is 4.74 Å². The number of hydrogen-bond acceptors (Lipinski definition) is 8. The minimum Gasteiger partial charge on any atom is -0.434 e. The summed E-state index contributed by atoms with van der Waals surface area (Å²) in [5.41, 5.74) is 1.60. The summed E-state index contributed by atoms with van der Waals surface area (Å²) in [7, 11) is 0. The molecule has 1 N–H and O–H groups in total. The molecule has 0 saturated carbocycles. The Balaban J connectivity index is 1.65.